The highest BCUT2D eigenvalue weighted by molar-refractivity contribution is 7.89. The molecule has 0 spiro atoms. The summed E-state index contributed by atoms with van der Waals surface area (Å²) < 4.78 is 32.4. The molecule has 7 nitrogen and oxygen atoms in total. The molecular weight excluding hydrogens is 450 g/mol. The van der Waals surface area contributed by atoms with Crippen LogP contribution < -0.4 is 10.1 Å². The minimum atomic E-state index is -3.42. The molecule has 0 unspecified atom stereocenters. The normalized spacial score (nSPS) is 19.7. The molecule has 2 aliphatic heterocycles. The molecule has 4 rings (SSSR count). The van der Waals surface area contributed by atoms with Gasteiger partial charge in [0.1, 0.15) is 12.4 Å². The van der Waals surface area contributed by atoms with Crippen molar-refractivity contribution < 1.29 is 17.9 Å². The van der Waals surface area contributed by atoms with Crippen molar-refractivity contribution in [2.75, 3.05) is 39.3 Å². The molecule has 2 aromatic carbocycles. The summed E-state index contributed by atoms with van der Waals surface area (Å²) in [6, 6.07) is 14.3. The largest absolute Gasteiger partial charge is 0.492 e. The van der Waals surface area contributed by atoms with Crippen molar-refractivity contribution in [1.82, 2.24) is 14.5 Å². The molecule has 2 fully saturated rings. The number of carbonyl (C=O) groups excluding carboxylic acids is 1. The van der Waals surface area contributed by atoms with E-state index in [4.69, 9.17) is 4.74 Å². The van der Waals surface area contributed by atoms with Crippen molar-refractivity contribution in [1.29, 1.82) is 0 Å². The predicted molar refractivity (Wildman–Crippen MR) is 132 cm³/mol. The van der Waals surface area contributed by atoms with Crippen LogP contribution in [0, 0.1) is 5.92 Å². The smallest absolute Gasteiger partial charge is 0.251 e. The number of benzene rings is 2. The first kappa shape index (κ1) is 24.7. The molecule has 34 heavy (non-hydrogen) atoms. The maximum absolute atomic E-state index is 12.6. The fourth-order valence-corrected chi connectivity index (χ4v) is 6.19. The van der Waals surface area contributed by atoms with Crippen LogP contribution in [0.25, 0.3) is 0 Å². The Hall–Kier alpha value is -2.42. The Kier molecular flexibility index (Phi) is 8.24. The summed E-state index contributed by atoms with van der Waals surface area (Å²) >= 11 is 0. The second-order valence-corrected chi connectivity index (χ2v) is 11.3. The molecule has 0 aromatic heterocycles. The maximum atomic E-state index is 12.6. The lowest BCUT2D eigenvalue weighted by atomic mass is 9.99. The summed E-state index contributed by atoms with van der Waals surface area (Å²) in [7, 11) is -3.42. The highest BCUT2D eigenvalue weighted by Gasteiger charge is 2.27. The Morgan fingerprint density at radius 1 is 1.00 bits per heavy atom. The zero-order valence-corrected chi connectivity index (χ0v) is 20.7. The second kappa shape index (κ2) is 11.3. The van der Waals surface area contributed by atoms with Gasteiger partial charge in [-0.25, -0.2) is 8.42 Å². The topological polar surface area (TPSA) is 79.0 Å². The van der Waals surface area contributed by atoms with Gasteiger partial charge < -0.3 is 10.1 Å². The quantitative estimate of drug-likeness (QED) is 0.550. The predicted octanol–water partition coefficient (Wildman–Crippen LogP) is 3.51. The molecule has 2 saturated heterocycles. The first-order valence-electron chi connectivity index (χ1n) is 12.2. The van der Waals surface area contributed by atoms with E-state index >= 15 is 0 Å². The van der Waals surface area contributed by atoms with Crippen molar-refractivity contribution in [3.8, 4) is 5.75 Å². The molecule has 1 amide bonds. The summed E-state index contributed by atoms with van der Waals surface area (Å²) in [5, 5.41) is 2.87. The van der Waals surface area contributed by atoms with Crippen molar-refractivity contribution >= 4 is 15.9 Å². The first-order valence-corrected chi connectivity index (χ1v) is 13.7. The summed E-state index contributed by atoms with van der Waals surface area (Å²) in [5.74, 6) is 1.20. The number of piperidine rings is 1. The van der Waals surface area contributed by atoms with Gasteiger partial charge in [0.15, 0.2) is 0 Å². The number of sulfonamides is 1. The van der Waals surface area contributed by atoms with Crippen LogP contribution in [0.4, 0.5) is 0 Å². The minimum Gasteiger partial charge on any atom is -0.492 e. The van der Waals surface area contributed by atoms with Gasteiger partial charge in [-0.15, -0.1) is 0 Å². The Morgan fingerprint density at radius 3 is 2.38 bits per heavy atom. The van der Waals surface area contributed by atoms with Crippen LogP contribution in [0.5, 0.6) is 5.75 Å². The van der Waals surface area contributed by atoms with Gasteiger partial charge >= 0.3 is 0 Å². The monoisotopic (exact) mass is 485 g/mol. The van der Waals surface area contributed by atoms with Crippen molar-refractivity contribution in [3.05, 3.63) is 59.7 Å². The van der Waals surface area contributed by atoms with Crippen LogP contribution in [0.2, 0.25) is 0 Å². The molecular formula is C26H35N3O4S. The van der Waals surface area contributed by atoms with E-state index in [1.807, 2.05) is 24.3 Å². The average molecular weight is 486 g/mol. The third-order valence-corrected chi connectivity index (χ3v) is 8.46. The molecule has 0 bridgehead atoms. The SMILES string of the molecule is C[C@H]1CCCN(Cc2ccc(C(=O)NCCOc3ccc(S(=O)(=O)N4CCCC4)cc3)cc2)C1. The highest BCUT2D eigenvalue weighted by atomic mass is 32.2. The summed E-state index contributed by atoms with van der Waals surface area (Å²) in [6.45, 7) is 7.34. The van der Waals surface area contributed by atoms with Gasteiger partial charge in [0.25, 0.3) is 5.91 Å². The molecule has 8 heteroatoms. The van der Waals surface area contributed by atoms with E-state index in [9.17, 15) is 13.2 Å². The van der Waals surface area contributed by atoms with Gasteiger partial charge in [-0.3, -0.25) is 9.69 Å². The number of ether oxygens (including phenoxy) is 1. The number of nitrogens with zero attached hydrogens (tertiary/aromatic N) is 2. The van der Waals surface area contributed by atoms with Gasteiger partial charge in [-0.2, -0.15) is 4.31 Å². The summed E-state index contributed by atoms with van der Waals surface area (Å²) in [6.07, 6.45) is 4.39. The molecule has 1 atom stereocenters. The zero-order chi connectivity index (χ0) is 24.0. The summed E-state index contributed by atoms with van der Waals surface area (Å²) in [4.78, 5) is 15.2. The van der Waals surface area contributed by atoms with E-state index in [1.165, 1.54) is 22.7 Å². The van der Waals surface area contributed by atoms with Crippen LogP contribution in [0.15, 0.2) is 53.4 Å². The molecule has 184 valence electrons. The van der Waals surface area contributed by atoms with Crippen LogP contribution in [0.1, 0.15) is 48.5 Å². The molecule has 0 radical (unpaired) electrons. The standard InChI is InChI=1S/C26H35N3O4S/c1-21-5-4-15-28(19-21)20-22-6-8-23(9-7-22)26(30)27-14-18-33-24-10-12-25(13-11-24)34(31,32)29-16-2-3-17-29/h6-13,21H,2-5,14-20H2,1H3,(H,27,30)/t21-/m0/s1. The lowest BCUT2D eigenvalue weighted by Crippen LogP contribution is -2.33. The number of nitrogens with one attached hydrogen (secondary N) is 1. The number of likely N-dealkylation sites (tertiary alicyclic amines) is 1. The molecule has 2 aromatic rings. The minimum absolute atomic E-state index is 0.131. The van der Waals surface area contributed by atoms with Crippen LogP contribution in [-0.2, 0) is 16.6 Å². The van der Waals surface area contributed by atoms with Gasteiger partial charge in [0.2, 0.25) is 10.0 Å². The highest BCUT2D eigenvalue weighted by Crippen LogP contribution is 2.23. The van der Waals surface area contributed by atoms with E-state index in [1.54, 1.807) is 24.3 Å². The lowest BCUT2D eigenvalue weighted by Gasteiger charge is -2.30. The fourth-order valence-electron chi connectivity index (χ4n) is 4.67. The number of carbonyl (C=O) groups is 1. The zero-order valence-electron chi connectivity index (χ0n) is 19.9. The number of hydrogen-bond donors (Lipinski definition) is 1. The van der Waals surface area contributed by atoms with Gasteiger partial charge in [0.05, 0.1) is 11.4 Å². The maximum Gasteiger partial charge on any atom is 0.251 e. The van der Waals surface area contributed by atoms with E-state index in [2.05, 4.69) is 17.1 Å². The van der Waals surface area contributed by atoms with Gasteiger partial charge in [-0.05, 0) is 80.1 Å². The third-order valence-electron chi connectivity index (χ3n) is 6.55. The van der Waals surface area contributed by atoms with Crippen molar-refractivity contribution in [2.24, 2.45) is 5.92 Å². The molecule has 2 aliphatic rings. The van der Waals surface area contributed by atoms with Gasteiger partial charge in [0, 0.05) is 31.7 Å². The molecule has 0 aliphatic carbocycles. The fraction of sp³-hybridized carbons (Fsp3) is 0.500. The Morgan fingerprint density at radius 2 is 1.71 bits per heavy atom. The molecule has 1 N–H and O–H groups in total. The van der Waals surface area contributed by atoms with Crippen LogP contribution >= 0.6 is 0 Å². The van der Waals surface area contributed by atoms with Gasteiger partial charge in [-0.1, -0.05) is 19.1 Å². The summed E-state index contributed by atoms with van der Waals surface area (Å²) in [5.41, 5.74) is 1.86. The van der Waals surface area contributed by atoms with Crippen LogP contribution in [0.3, 0.4) is 0 Å². The van der Waals surface area contributed by atoms with Crippen molar-refractivity contribution in [3.63, 3.8) is 0 Å². The Bertz CT molecular complexity index is 1050. The Balaban J connectivity index is 1.20. The van der Waals surface area contributed by atoms with Crippen molar-refractivity contribution in [2.45, 2.75) is 44.0 Å². The van der Waals surface area contributed by atoms with E-state index < -0.39 is 10.0 Å². The second-order valence-electron chi connectivity index (χ2n) is 9.37. The van der Waals surface area contributed by atoms with E-state index in [0.29, 0.717) is 37.6 Å². The van der Waals surface area contributed by atoms with Crippen LogP contribution in [-0.4, -0.2) is 62.9 Å². The van der Waals surface area contributed by atoms with E-state index in [-0.39, 0.29) is 10.8 Å². The number of rotatable bonds is 9. The number of hydrogen-bond acceptors (Lipinski definition) is 5. The first-order chi connectivity index (χ1) is 16.4. The Labute approximate surface area is 203 Å². The number of amides is 1. The molecule has 0 saturated carbocycles. The lowest BCUT2D eigenvalue weighted by molar-refractivity contribution is 0.0947. The van der Waals surface area contributed by atoms with E-state index in [0.717, 1.165) is 38.4 Å². The average Bonchev–Trinajstić information content (AvgIpc) is 3.39. The molecule has 2 heterocycles. The third kappa shape index (κ3) is 6.37.